The second-order valence-electron chi connectivity index (χ2n) is 2.74. The van der Waals surface area contributed by atoms with Gasteiger partial charge in [0.2, 0.25) is 0 Å². The van der Waals surface area contributed by atoms with Gasteiger partial charge in [-0.3, -0.25) is 0 Å². The molecule has 0 saturated carbocycles. The predicted octanol–water partition coefficient (Wildman–Crippen LogP) is 1.96. The molecule has 76 valence electrons. The number of thioether (sulfide) groups is 1. The van der Waals surface area contributed by atoms with Crippen LogP contribution < -0.4 is 0 Å². The third kappa shape index (κ3) is 2.61. The summed E-state index contributed by atoms with van der Waals surface area (Å²) >= 11 is 1.62. The highest BCUT2D eigenvalue weighted by atomic mass is 32.2. The summed E-state index contributed by atoms with van der Waals surface area (Å²) in [6, 6.07) is 3.64. The molecule has 1 aromatic heterocycles. The van der Waals surface area contributed by atoms with Crippen molar-refractivity contribution in [2.24, 2.45) is 7.05 Å². The Morgan fingerprint density at radius 1 is 1.60 bits per heavy atom. The smallest absolute Gasteiger partial charge is 0.168 e. The summed E-state index contributed by atoms with van der Waals surface area (Å²) in [4.78, 5) is 4.19. The van der Waals surface area contributed by atoms with Crippen LogP contribution in [0, 0.1) is 22.7 Å². The number of imidazole rings is 1. The van der Waals surface area contributed by atoms with Crippen molar-refractivity contribution < 1.29 is 0 Å². The van der Waals surface area contributed by atoms with Crippen molar-refractivity contribution in [3.05, 3.63) is 17.5 Å². The summed E-state index contributed by atoms with van der Waals surface area (Å²) in [5.74, 6) is 0.942. The van der Waals surface area contributed by atoms with Crippen LogP contribution in [0.15, 0.2) is 16.9 Å². The molecule has 0 fully saturated rings. The van der Waals surface area contributed by atoms with E-state index < -0.39 is 0 Å². The van der Waals surface area contributed by atoms with E-state index >= 15 is 0 Å². The molecule has 0 radical (unpaired) electrons. The van der Waals surface area contributed by atoms with Gasteiger partial charge in [0.1, 0.15) is 17.7 Å². The minimum atomic E-state index is 0.0889. The molecule has 4 nitrogen and oxygen atoms in total. The second-order valence-corrected chi connectivity index (χ2v) is 3.97. The number of hydrogen-bond acceptors (Lipinski definition) is 4. The van der Waals surface area contributed by atoms with Crippen LogP contribution in [0.5, 0.6) is 0 Å². The van der Waals surface area contributed by atoms with E-state index in [1.54, 1.807) is 18.0 Å². The van der Waals surface area contributed by atoms with E-state index in [-0.39, 0.29) is 5.57 Å². The first kappa shape index (κ1) is 11.4. The van der Waals surface area contributed by atoms with E-state index in [2.05, 4.69) is 4.98 Å². The summed E-state index contributed by atoms with van der Waals surface area (Å²) < 4.78 is 1.86. The lowest BCUT2D eigenvalue weighted by Crippen LogP contribution is -1.93. The molecule has 1 aromatic rings. The first-order chi connectivity index (χ1) is 7.22. The van der Waals surface area contributed by atoms with Gasteiger partial charge in [-0.2, -0.15) is 10.5 Å². The Labute approximate surface area is 92.8 Å². The molecule has 0 N–H and O–H groups in total. The SMILES string of the molecule is CCSc1ncc(C=C(C#N)C#N)n1C. The van der Waals surface area contributed by atoms with Crippen LogP contribution in [0.1, 0.15) is 12.6 Å². The third-order valence-corrected chi connectivity index (χ3v) is 2.71. The molecule has 0 aliphatic rings. The van der Waals surface area contributed by atoms with Crippen LogP contribution in [-0.4, -0.2) is 15.3 Å². The van der Waals surface area contributed by atoms with E-state index in [9.17, 15) is 0 Å². The Balaban J connectivity index is 3.04. The van der Waals surface area contributed by atoms with Crippen molar-refractivity contribution in [1.29, 1.82) is 10.5 Å². The van der Waals surface area contributed by atoms with E-state index in [0.29, 0.717) is 0 Å². The first-order valence-corrected chi connectivity index (χ1v) is 5.37. The van der Waals surface area contributed by atoms with Gasteiger partial charge in [0.05, 0.1) is 11.9 Å². The fourth-order valence-corrected chi connectivity index (χ4v) is 1.72. The normalized spacial score (nSPS) is 9.07. The van der Waals surface area contributed by atoms with Crippen LogP contribution in [0.4, 0.5) is 0 Å². The first-order valence-electron chi connectivity index (χ1n) is 4.39. The predicted molar refractivity (Wildman–Crippen MR) is 58.8 cm³/mol. The zero-order chi connectivity index (χ0) is 11.3. The van der Waals surface area contributed by atoms with Gasteiger partial charge >= 0.3 is 0 Å². The zero-order valence-electron chi connectivity index (χ0n) is 8.56. The number of aromatic nitrogens is 2. The summed E-state index contributed by atoms with van der Waals surface area (Å²) in [5, 5.41) is 18.1. The fraction of sp³-hybridized carbons (Fsp3) is 0.300. The largest absolute Gasteiger partial charge is 0.323 e. The molecule has 0 aliphatic heterocycles. The second kappa shape index (κ2) is 5.23. The van der Waals surface area contributed by atoms with Crippen molar-refractivity contribution in [2.45, 2.75) is 12.1 Å². The van der Waals surface area contributed by atoms with Crippen LogP contribution in [0.2, 0.25) is 0 Å². The summed E-state index contributed by atoms with van der Waals surface area (Å²) in [7, 11) is 1.86. The van der Waals surface area contributed by atoms with Crippen molar-refractivity contribution in [2.75, 3.05) is 5.75 Å². The molecule has 5 heteroatoms. The molecule has 0 bridgehead atoms. The lowest BCUT2D eigenvalue weighted by atomic mass is 10.2. The van der Waals surface area contributed by atoms with E-state index in [1.807, 2.05) is 30.7 Å². The van der Waals surface area contributed by atoms with Crippen LogP contribution in [0.25, 0.3) is 6.08 Å². The summed E-state index contributed by atoms with van der Waals surface area (Å²) in [6.45, 7) is 2.05. The lowest BCUT2D eigenvalue weighted by Gasteiger charge is -2.00. The molecule has 0 unspecified atom stereocenters. The highest BCUT2D eigenvalue weighted by molar-refractivity contribution is 7.99. The van der Waals surface area contributed by atoms with Gasteiger partial charge in [-0.05, 0) is 11.8 Å². The summed E-state index contributed by atoms with van der Waals surface area (Å²) in [6.07, 6.45) is 3.19. The number of nitrogens with zero attached hydrogens (tertiary/aromatic N) is 4. The monoisotopic (exact) mass is 218 g/mol. The molecule has 0 saturated heterocycles. The van der Waals surface area contributed by atoms with Crippen LogP contribution in [-0.2, 0) is 7.05 Å². The average Bonchev–Trinajstić information content (AvgIpc) is 2.58. The number of rotatable bonds is 3. The molecular weight excluding hydrogens is 208 g/mol. The molecule has 0 amide bonds. The molecule has 1 heterocycles. The minimum Gasteiger partial charge on any atom is -0.323 e. The Morgan fingerprint density at radius 2 is 2.27 bits per heavy atom. The number of hydrogen-bond donors (Lipinski definition) is 0. The van der Waals surface area contributed by atoms with Gasteiger partial charge in [-0.15, -0.1) is 0 Å². The minimum absolute atomic E-state index is 0.0889. The van der Waals surface area contributed by atoms with E-state index in [1.165, 1.54) is 6.08 Å². The molecular formula is C10H10N4S. The standard InChI is InChI=1S/C10H10N4S/c1-3-15-10-13-7-9(14(10)2)4-8(5-11)6-12/h4,7H,3H2,1-2H3. The number of allylic oxidation sites excluding steroid dienone is 1. The van der Waals surface area contributed by atoms with Crippen molar-refractivity contribution in [3.8, 4) is 12.1 Å². The van der Waals surface area contributed by atoms with Gasteiger partial charge in [0.25, 0.3) is 0 Å². The molecule has 0 atom stereocenters. The van der Waals surface area contributed by atoms with Gasteiger partial charge < -0.3 is 4.57 Å². The Bertz CT molecular complexity index is 443. The van der Waals surface area contributed by atoms with Crippen LogP contribution in [0.3, 0.4) is 0 Å². The van der Waals surface area contributed by atoms with Gasteiger partial charge in [-0.25, -0.2) is 4.98 Å². The van der Waals surface area contributed by atoms with Gasteiger partial charge in [-0.1, -0.05) is 18.7 Å². The highest BCUT2D eigenvalue weighted by Gasteiger charge is 2.04. The van der Waals surface area contributed by atoms with Crippen molar-refractivity contribution in [1.82, 2.24) is 9.55 Å². The van der Waals surface area contributed by atoms with E-state index in [0.717, 1.165) is 16.6 Å². The van der Waals surface area contributed by atoms with Crippen LogP contribution >= 0.6 is 11.8 Å². The topological polar surface area (TPSA) is 65.4 Å². The zero-order valence-corrected chi connectivity index (χ0v) is 9.38. The Morgan fingerprint density at radius 3 is 2.80 bits per heavy atom. The third-order valence-electron chi connectivity index (χ3n) is 1.79. The molecule has 0 aliphatic carbocycles. The molecule has 0 aromatic carbocycles. The maximum Gasteiger partial charge on any atom is 0.168 e. The van der Waals surface area contributed by atoms with Gasteiger partial charge in [0.15, 0.2) is 5.16 Å². The summed E-state index contributed by atoms with van der Waals surface area (Å²) in [5.41, 5.74) is 0.857. The maximum absolute atomic E-state index is 8.61. The molecule has 0 spiro atoms. The van der Waals surface area contributed by atoms with Crippen molar-refractivity contribution in [3.63, 3.8) is 0 Å². The Kier molecular flexibility index (Phi) is 3.96. The molecule has 1 rings (SSSR count). The fourth-order valence-electron chi connectivity index (χ4n) is 1.04. The quantitative estimate of drug-likeness (QED) is 0.574. The Hall–Kier alpha value is -1.72. The molecule has 15 heavy (non-hydrogen) atoms. The van der Waals surface area contributed by atoms with Gasteiger partial charge in [0, 0.05) is 7.05 Å². The average molecular weight is 218 g/mol. The maximum atomic E-state index is 8.61. The van der Waals surface area contributed by atoms with Crippen molar-refractivity contribution >= 4 is 17.8 Å². The van der Waals surface area contributed by atoms with E-state index in [4.69, 9.17) is 10.5 Å². The highest BCUT2D eigenvalue weighted by Crippen LogP contribution is 2.17. The number of nitriles is 2. The lowest BCUT2D eigenvalue weighted by molar-refractivity contribution is 0.783.